The Hall–Kier alpha value is -1.15. The van der Waals surface area contributed by atoms with Crippen LogP contribution in [0.5, 0.6) is 5.88 Å². The topological polar surface area (TPSA) is 35.0 Å². The number of halogens is 6. The molecule has 1 aromatic carbocycles. The van der Waals surface area contributed by atoms with E-state index in [2.05, 4.69) is 25.9 Å². The van der Waals surface area contributed by atoms with Gasteiger partial charge in [0.15, 0.2) is 5.82 Å². The largest absolute Gasteiger partial charge is 0.480 e. The number of fused-ring (bicyclic) bond motifs is 1. The molecule has 3 nitrogen and oxygen atoms in total. The van der Waals surface area contributed by atoms with Crippen LogP contribution >= 0.6 is 27.5 Å². The molecule has 19 heavy (non-hydrogen) atoms. The first-order chi connectivity index (χ1) is 8.75. The molecule has 0 unspecified atom stereocenters. The molecule has 9 heteroatoms. The summed E-state index contributed by atoms with van der Waals surface area (Å²) in [5.74, 6) is -1.40. The van der Waals surface area contributed by atoms with Crippen molar-refractivity contribution in [1.82, 2.24) is 9.97 Å². The van der Waals surface area contributed by atoms with E-state index in [0.717, 1.165) is 0 Å². The summed E-state index contributed by atoms with van der Waals surface area (Å²) in [7, 11) is 1.19. The quantitative estimate of drug-likeness (QED) is 0.565. The summed E-state index contributed by atoms with van der Waals surface area (Å²) in [4.78, 5) is 7.17. The van der Waals surface area contributed by atoms with E-state index in [1.54, 1.807) is 0 Å². The van der Waals surface area contributed by atoms with Crippen LogP contribution in [0.15, 0.2) is 10.5 Å². The summed E-state index contributed by atoms with van der Waals surface area (Å²) in [6.45, 7) is 0. The first-order valence-corrected chi connectivity index (χ1v) is 5.89. The van der Waals surface area contributed by atoms with Crippen molar-refractivity contribution < 1.29 is 22.3 Å². The molecule has 2 rings (SSSR count). The number of hydrogen-bond acceptors (Lipinski definition) is 3. The van der Waals surface area contributed by atoms with E-state index < -0.39 is 22.0 Å². The van der Waals surface area contributed by atoms with Gasteiger partial charge in [0.05, 0.1) is 22.5 Å². The fraction of sp³-hybridized carbons (Fsp3) is 0.200. The molecule has 0 aliphatic carbocycles. The van der Waals surface area contributed by atoms with Gasteiger partial charge in [-0.2, -0.15) is 18.2 Å². The van der Waals surface area contributed by atoms with Crippen molar-refractivity contribution in [3.63, 3.8) is 0 Å². The molecule has 0 spiro atoms. The average molecular weight is 360 g/mol. The lowest BCUT2D eigenvalue weighted by Gasteiger charge is -2.13. The predicted octanol–water partition coefficient (Wildman–Crippen LogP) is 4.21. The van der Waals surface area contributed by atoms with E-state index in [9.17, 15) is 17.6 Å². The molecule has 0 fully saturated rings. The third kappa shape index (κ3) is 2.46. The maximum Gasteiger partial charge on any atom is 0.417 e. The van der Waals surface area contributed by atoms with Crippen LogP contribution in [-0.2, 0) is 6.18 Å². The lowest BCUT2D eigenvalue weighted by molar-refractivity contribution is -0.138. The molecule has 102 valence electrons. The van der Waals surface area contributed by atoms with Gasteiger partial charge in [0.1, 0.15) is 5.52 Å². The second-order valence-corrected chi connectivity index (χ2v) is 4.58. The van der Waals surface area contributed by atoms with E-state index in [0.29, 0.717) is 6.07 Å². The van der Waals surface area contributed by atoms with Crippen LogP contribution in [0, 0.1) is 5.82 Å². The minimum atomic E-state index is -4.72. The summed E-state index contributed by atoms with van der Waals surface area (Å²) in [5, 5.41) is -0.533. The van der Waals surface area contributed by atoms with Gasteiger partial charge in [-0.1, -0.05) is 0 Å². The van der Waals surface area contributed by atoms with Gasteiger partial charge in [0, 0.05) is 0 Å². The van der Waals surface area contributed by atoms with Crippen molar-refractivity contribution in [3.05, 3.63) is 27.2 Å². The van der Waals surface area contributed by atoms with Crippen molar-refractivity contribution in [2.45, 2.75) is 6.18 Å². The van der Waals surface area contributed by atoms with Crippen LogP contribution < -0.4 is 4.74 Å². The molecule has 0 saturated carbocycles. The molecule has 0 N–H and O–H groups in total. The minimum absolute atomic E-state index is 0.208. The van der Waals surface area contributed by atoms with E-state index in [1.165, 1.54) is 7.11 Å². The van der Waals surface area contributed by atoms with Gasteiger partial charge >= 0.3 is 6.18 Å². The zero-order valence-electron chi connectivity index (χ0n) is 9.15. The number of hydrogen-bond donors (Lipinski definition) is 0. The smallest absolute Gasteiger partial charge is 0.417 e. The van der Waals surface area contributed by atoms with Crippen LogP contribution in [-0.4, -0.2) is 17.1 Å². The Morgan fingerprint density at radius 3 is 2.47 bits per heavy atom. The van der Waals surface area contributed by atoms with E-state index in [-0.39, 0.29) is 22.1 Å². The molecule has 0 radical (unpaired) electrons. The third-order valence-corrected chi connectivity index (χ3v) is 3.25. The molecule has 0 saturated heterocycles. The summed E-state index contributed by atoms with van der Waals surface area (Å²) < 4.78 is 56.3. The van der Waals surface area contributed by atoms with Gasteiger partial charge in [-0.3, -0.25) is 0 Å². The highest BCUT2D eigenvalue weighted by molar-refractivity contribution is 9.10. The van der Waals surface area contributed by atoms with Crippen molar-refractivity contribution in [2.24, 2.45) is 0 Å². The normalized spacial score (nSPS) is 11.9. The Morgan fingerprint density at radius 1 is 1.32 bits per heavy atom. The monoisotopic (exact) mass is 358 g/mol. The second-order valence-electron chi connectivity index (χ2n) is 3.45. The molecular formula is C10H4BrClF4N2O. The fourth-order valence-electron chi connectivity index (χ4n) is 1.51. The fourth-order valence-corrected chi connectivity index (χ4v) is 2.20. The molecule has 0 aliphatic rings. The van der Waals surface area contributed by atoms with Crippen LogP contribution in [0.25, 0.3) is 10.9 Å². The second kappa shape index (κ2) is 4.75. The van der Waals surface area contributed by atoms with Crippen molar-refractivity contribution in [2.75, 3.05) is 7.11 Å². The number of aromatic nitrogens is 2. The zero-order chi connectivity index (χ0) is 14.4. The molecular weight excluding hydrogens is 355 g/mol. The van der Waals surface area contributed by atoms with Crippen molar-refractivity contribution in [1.29, 1.82) is 0 Å². The SMILES string of the molecule is COc1nc(Cl)nc2c(F)c(Br)c(C(F)(F)F)cc12. The Labute approximate surface area is 117 Å². The van der Waals surface area contributed by atoms with Crippen molar-refractivity contribution in [3.8, 4) is 5.88 Å². The average Bonchev–Trinajstić information content (AvgIpc) is 2.31. The summed E-state index contributed by atoms with van der Waals surface area (Å²) in [6.07, 6.45) is -4.72. The van der Waals surface area contributed by atoms with E-state index in [1.807, 2.05) is 0 Å². The van der Waals surface area contributed by atoms with E-state index >= 15 is 0 Å². The third-order valence-electron chi connectivity index (χ3n) is 2.31. The van der Waals surface area contributed by atoms with Crippen molar-refractivity contribution >= 4 is 38.4 Å². The number of nitrogens with zero attached hydrogens (tertiary/aromatic N) is 2. The van der Waals surface area contributed by atoms with Crippen LogP contribution in [0.3, 0.4) is 0 Å². The Balaban J connectivity index is 2.93. The molecule has 2 aromatic rings. The minimum Gasteiger partial charge on any atom is -0.480 e. The van der Waals surface area contributed by atoms with Gasteiger partial charge in [-0.25, -0.2) is 9.37 Å². The number of methoxy groups -OCH3 is 1. The first-order valence-electron chi connectivity index (χ1n) is 4.72. The number of ether oxygens (including phenoxy) is 1. The highest BCUT2D eigenvalue weighted by atomic mass is 79.9. The van der Waals surface area contributed by atoms with Crippen LogP contribution in [0.2, 0.25) is 5.28 Å². The predicted molar refractivity (Wildman–Crippen MR) is 63.8 cm³/mol. The van der Waals surface area contributed by atoms with Gasteiger partial charge in [0.25, 0.3) is 0 Å². The number of benzene rings is 1. The summed E-state index contributed by atoms with van der Waals surface area (Å²) in [5.41, 5.74) is -1.53. The number of alkyl halides is 3. The molecule has 0 atom stereocenters. The molecule has 1 heterocycles. The van der Waals surface area contributed by atoms with Gasteiger partial charge in [-0.05, 0) is 33.6 Å². The molecule has 1 aromatic heterocycles. The van der Waals surface area contributed by atoms with Gasteiger partial charge in [0.2, 0.25) is 11.2 Å². The van der Waals surface area contributed by atoms with Gasteiger partial charge < -0.3 is 4.74 Å². The molecule has 0 bridgehead atoms. The Bertz CT molecular complexity index is 662. The number of rotatable bonds is 1. The Morgan fingerprint density at radius 2 is 1.95 bits per heavy atom. The zero-order valence-corrected chi connectivity index (χ0v) is 11.5. The highest BCUT2D eigenvalue weighted by Crippen LogP contribution is 2.40. The summed E-state index contributed by atoms with van der Waals surface area (Å²) >= 11 is 8.12. The summed E-state index contributed by atoms with van der Waals surface area (Å²) in [6, 6.07) is 0.706. The van der Waals surface area contributed by atoms with E-state index in [4.69, 9.17) is 16.3 Å². The first kappa shape index (κ1) is 14.3. The standard InChI is InChI=1S/C10H4BrClF4N2O/c1-19-8-3-2-4(10(14,15)16)5(11)6(13)7(3)17-9(12)18-8/h2H,1H3. The maximum absolute atomic E-state index is 13.9. The lowest BCUT2D eigenvalue weighted by Crippen LogP contribution is -2.08. The van der Waals surface area contributed by atoms with Gasteiger partial charge in [-0.15, -0.1) is 0 Å². The maximum atomic E-state index is 13.9. The lowest BCUT2D eigenvalue weighted by atomic mass is 10.1. The molecule has 0 aliphatic heterocycles. The van der Waals surface area contributed by atoms with Crippen LogP contribution in [0.1, 0.15) is 5.56 Å². The Kier molecular flexibility index (Phi) is 3.57. The van der Waals surface area contributed by atoms with Crippen LogP contribution in [0.4, 0.5) is 17.6 Å². The molecule has 0 amide bonds. The highest BCUT2D eigenvalue weighted by Gasteiger charge is 2.36.